The molecule has 0 aliphatic heterocycles. The lowest BCUT2D eigenvalue weighted by molar-refractivity contribution is 0.665. The van der Waals surface area contributed by atoms with Gasteiger partial charge in [0, 0.05) is 43.8 Å². The molecule has 198 valence electrons. The fraction of sp³-hybridized carbons (Fsp3) is 0. The second-order valence-electron chi connectivity index (χ2n) is 9.92. The van der Waals surface area contributed by atoms with Gasteiger partial charge >= 0.3 is 0 Å². The zero-order valence-corrected chi connectivity index (χ0v) is 22.4. The number of benzene rings is 5. The van der Waals surface area contributed by atoms with Gasteiger partial charge in [0.25, 0.3) is 0 Å². The first-order valence-corrected chi connectivity index (χ1v) is 13.1. The van der Waals surface area contributed by atoms with Crippen LogP contribution < -0.4 is 0 Å². The fourth-order valence-electron chi connectivity index (χ4n) is 5.95. The molecule has 5 aromatic carbocycles. The molecule has 0 unspecified atom stereocenters. The van der Waals surface area contributed by atoms with Crippen LogP contribution in [0.3, 0.4) is 0 Å². The van der Waals surface area contributed by atoms with Crippen molar-refractivity contribution in [3.8, 4) is 58.7 Å². The lowest BCUT2D eigenvalue weighted by atomic mass is 9.84. The van der Waals surface area contributed by atoms with Gasteiger partial charge in [-0.2, -0.15) is 31.6 Å². The monoisotopic (exact) mass is 560 g/mol. The molecule has 0 spiro atoms. The normalized spacial score (nSPS) is 10.6. The van der Waals surface area contributed by atoms with Gasteiger partial charge in [0.15, 0.2) is 0 Å². The molecule has 2 heterocycles. The Hall–Kier alpha value is -7.36. The molecule has 44 heavy (non-hydrogen) atoms. The van der Waals surface area contributed by atoms with Crippen molar-refractivity contribution in [2.45, 2.75) is 0 Å². The van der Waals surface area contributed by atoms with Gasteiger partial charge in [0.1, 0.15) is 22.3 Å². The van der Waals surface area contributed by atoms with Crippen LogP contribution in [0.5, 0.6) is 0 Å². The van der Waals surface area contributed by atoms with Crippen LogP contribution in [0.25, 0.3) is 66.1 Å². The SMILES string of the molecule is N#Cc1cc(C#N)c(-c2c3oc4ccccc4c3c(-c3c(C#N)cc(C#N)cc3C#N)c3oc4ccccc4c23)c(C#N)c1. The predicted molar refractivity (Wildman–Crippen MR) is 160 cm³/mol. The summed E-state index contributed by atoms with van der Waals surface area (Å²) in [6.45, 7) is 0. The van der Waals surface area contributed by atoms with Gasteiger partial charge in [-0.05, 0) is 36.4 Å². The Labute approximate surface area is 248 Å². The Balaban J connectivity index is 1.86. The molecule has 7 rings (SSSR count). The van der Waals surface area contributed by atoms with E-state index in [0.717, 1.165) is 0 Å². The van der Waals surface area contributed by atoms with E-state index in [9.17, 15) is 31.6 Å². The standard InChI is InChI=1S/C36H12N6O2/c37-13-19-9-21(15-39)29(22(10-19)16-40)33-31-25-5-1-3-7-27(25)43-35(31)34(32-26-6-2-4-8-28(26)44-36(32)33)30-23(17-41)11-20(14-38)12-24(30)18-42/h1-12H. The van der Waals surface area contributed by atoms with Crippen molar-refractivity contribution < 1.29 is 8.83 Å². The minimum absolute atomic E-state index is 0.0930. The molecule has 0 bridgehead atoms. The Kier molecular flexibility index (Phi) is 5.60. The first-order valence-electron chi connectivity index (χ1n) is 13.1. The van der Waals surface area contributed by atoms with E-state index < -0.39 is 0 Å². The van der Waals surface area contributed by atoms with Crippen LogP contribution in [0.4, 0.5) is 0 Å². The molecule has 7 aromatic rings. The molecule has 0 amide bonds. The minimum atomic E-state index is 0.0930. The molecule has 8 heteroatoms. The smallest absolute Gasteiger partial charge is 0.144 e. The van der Waals surface area contributed by atoms with E-state index in [1.807, 2.05) is 36.4 Å². The first kappa shape index (κ1) is 25.6. The van der Waals surface area contributed by atoms with E-state index in [4.69, 9.17) is 8.83 Å². The summed E-state index contributed by atoms with van der Waals surface area (Å²) in [5.41, 5.74) is 3.60. The van der Waals surface area contributed by atoms with Gasteiger partial charge in [-0.3, -0.25) is 0 Å². The average Bonchev–Trinajstić information content (AvgIpc) is 3.65. The maximum absolute atomic E-state index is 10.3. The highest BCUT2D eigenvalue weighted by Crippen LogP contribution is 2.52. The quantitative estimate of drug-likeness (QED) is 0.204. The van der Waals surface area contributed by atoms with Crippen molar-refractivity contribution in [3.05, 3.63) is 106 Å². The van der Waals surface area contributed by atoms with Crippen LogP contribution in [0.1, 0.15) is 33.4 Å². The minimum Gasteiger partial charge on any atom is -0.455 e. The summed E-state index contributed by atoms with van der Waals surface area (Å²) in [6.07, 6.45) is 0. The summed E-state index contributed by atoms with van der Waals surface area (Å²) in [6, 6.07) is 32.8. The Morgan fingerprint density at radius 2 is 0.750 bits per heavy atom. The van der Waals surface area contributed by atoms with Crippen molar-refractivity contribution in [2.24, 2.45) is 0 Å². The number of nitrogens with zero attached hydrogens (tertiary/aromatic N) is 6. The average molecular weight is 561 g/mol. The molecule has 0 N–H and O–H groups in total. The summed E-state index contributed by atoms with van der Waals surface area (Å²) in [4.78, 5) is 0. The number of furan rings is 2. The molecule has 0 saturated heterocycles. The van der Waals surface area contributed by atoms with E-state index in [-0.39, 0.29) is 44.5 Å². The summed E-state index contributed by atoms with van der Waals surface area (Å²) in [7, 11) is 0. The predicted octanol–water partition coefficient (Wildman–Crippen LogP) is 8.05. The maximum Gasteiger partial charge on any atom is 0.144 e. The summed E-state index contributed by atoms with van der Waals surface area (Å²) in [5, 5.41) is 62.6. The zero-order chi connectivity index (χ0) is 30.5. The van der Waals surface area contributed by atoms with Crippen LogP contribution in [0, 0.1) is 68.0 Å². The van der Waals surface area contributed by atoms with Crippen molar-refractivity contribution in [3.63, 3.8) is 0 Å². The van der Waals surface area contributed by atoms with Gasteiger partial charge in [-0.1, -0.05) is 36.4 Å². The Morgan fingerprint density at radius 1 is 0.409 bits per heavy atom. The van der Waals surface area contributed by atoms with Gasteiger partial charge in [-0.15, -0.1) is 0 Å². The lowest BCUT2D eigenvalue weighted by Crippen LogP contribution is -1.97. The highest BCUT2D eigenvalue weighted by Gasteiger charge is 2.31. The Morgan fingerprint density at radius 3 is 1.07 bits per heavy atom. The van der Waals surface area contributed by atoms with Gasteiger partial charge in [-0.25, -0.2) is 0 Å². The number of para-hydroxylation sites is 2. The van der Waals surface area contributed by atoms with Crippen LogP contribution in [-0.2, 0) is 0 Å². The van der Waals surface area contributed by atoms with Gasteiger partial charge in [0.2, 0.25) is 0 Å². The molecule has 0 saturated carbocycles. The number of rotatable bonds is 2. The number of nitriles is 6. The van der Waals surface area contributed by atoms with Crippen molar-refractivity contribution in [1.82, 2.24) is 0 Å². The zero-order valence-electron chi connectivity index (χ0n) is 22.4. The van der Waals surface area contributed by atoms with Gasteiger partial charge in [0.05, 0.1) is 69.8 Å². The molecular formula is C36H12N6O2. The summed E-state index contributed by atoms with van der Waals surface area (Å²) >= 11 is 0. The second kappa shape index (κ2) is 9.63. The second-order valence-corrected chi connectivity index (χ2v) is 9.92. The van der Waals surface area contributed by atoms with Crippen LogP contribution in [0.2, 0.25) is 0 Å². The number of hydrogen-bond donors (Lipinski definition) is 0. The van der Waals surface area contributed by atoms with Crippen molar-refractivity contribution in [2.75, 3.05) is 0 Å². The molecule has 8 nitrogen and oxygen atoms in total. The molecule has 2 aromatic heterocycles. The number of hydrogen-bond acceptors (Lipinski definition) is 8. The maximum atomic E-state index is 10.3. The third-order valence-electron chi connectivity index (χ3n) is 7.66. The van der Waals surface area contributed by atoms with E-state index in [0.29, 0.717) is 55.0 Å². The fourth-order valence-corrected chi connectivity index (χ4v) is 5.95. The topological polar surface area (TPSA) is 169 Å². The lowest BCUT2D eigenvalue weighted by Gasteiger charge is -2.15. The first-order chi connectivity index (χ1) is 21.6. The third kappa shape index (κ3) is 3.45. The van der Waals surface area contributed by atoms with E-state index in [1.54, 1.807) is 24.3 Å². The highest BCUT2D eigenvalue weighted by molar-refractivity contribution is 6.31. The summed E-state index contributed by atoms with van der Waals surface area (Å²) < 4.78 is 13.1. The van der Waals surface area contributed by atoms with E-state index in [1.165, 1.54) is 24.3 Å². The largest absolute Gasteiger partial charge is 0.455 e. The van der Waals surface area contributed by atoms with Gasteiger partial charge < -0.3 is 8.83 Å². The molecule has 0 aliphatic carbocycles. The molecule has 0 aliphatic rings. The highest BCUT2D eigenvalue weighted by atomic mass is 16.3. The molecular weight excluding hydrogens is 548 g/mol. The molecule has 0 fully saturated rings. The van der Waals surface area contributed by atoms with Crippen LogP contribution in [0.15, 0.2) is 81.6 Å². The van der Waals surface area contributed by atoms with E-state index in [2.05, 4.69) is 24.3 Å². The Bertz CT molecular complexity index is 2430. The van der Waals surface area contributed by atoms with Crippen molar-refractivity contribution in [1.29, 1.82) is 31.6 Å². The molecule has 0 radical (unpaired) electrons. The number of fused-ring (bicyclic) bond motifs is 6. The van der Waals surface area contributed by atoms with Crippen LogP contribution >= 0.6 is 0 Å². The third-order valence-corrected chi connectivity index (χ3v) is 7.66. The van der Waals surface area contributed by atoms with Crippen molar-refractivity contribution >= 4 is 43.9 Å². The van der Waals surface area contributed by atoms with E-state index >= 15 is 0 Å². The summed E-state index contributed by atoms with van der Waals surface area (Å²) in [5.74, 6) is 0. The van der Waals surface area contributed by atoms with Crippen LogP contribution in [-0.4, -0.2) is 0 Å². The molecule has 0 atom stereocenters.